The lowest BCUT2D eigenvalue weighted by atomic mass is 10.1. The Morgan fingerprint density at radius 3 is 2.58 bits per heavy atom. The van der Waals surface area contributed by atoms with Crippen LogP contribution in [0.15, 0.2) is 48.9 Å². The van der Waals surface area contributed by atoms with Gasteiger partial charge in [0.05, 0.1) is 17.6 Å². The van der Waals surface area contributed by atoms with E-state index in [4.69, 9.17) is 0 Å². The van der Waals surface area contributed by atoms with E-state index in [0.29, 0.717) is 24.3 Å². The SMILES string of the molecule is CCn1cc(-c2ccnc3c(C(=O)N4CCN(Cc5ccccc5C)CC4)cnn23)c(C)n1. The molecule has 8 nitrogen and oxygen atoms in total. The van der Waals surface area contributed by atoms with E-state index in [1.54, 1.807) is 16.9 Å². The van der Waals surface area contributed by atoms with Gasteiger partial charge < -0.3 is 4.90 Å². The van der Waals surface area contributed by atoms with E-state index in [9.17, 15) is 4.79 Å². The minimum absolute atomic E-state index is 0.00818. The second kappa shape index (κ2) is 8.78. The number of hydrogen-bond donors (Lipinski definition) is 0. The molecular weight excluding hydrogens is 414 g/mol. The number of amides is 1. The highest BCUT2D eigenvalue weighted by atomic mass is 16.2. The van der Waals surface area contributed by atoms with E-state index < -0.39 is 0 Å². The standard InChI is InChI=1S/C25H29N7O/c1-4-31-17-22(19(3)28-31)23-9-10-26-24-21(15-27-32(23)24)25(33)30-13-11-29(12-14-30)16-20-8-6-5-7-18(20)2/h5-10,15,17H,4,11-14,16H2,1-3H3. The van der Waals surface area contributed by atoms with Crippen LogP contribution in [0.2, 0.25) is 0 Å². The van der Waals surface area contributed by atoms with Gasteiger partial charge in [-0.05, 0) is 38.0 Å². The zero-order valence-electron chi connectivity index (χ0n) is 19.4. The van der Waals surface area contributed by atoms with Gasteiger partial charge in [-0.1, -0.05) is 24.3 Å². The van der Waals surface area contributed by atoms with Crippen molar-refractivity contribution in [1.82, 2.24) is 34.2 Å². The summed E-state index contributed by atoms with van der Waals surface area (Å²) in [6.45, 7) is 11.0. The molecule has 170 valence electrons. The zero-order valence-corrected chi connectivity index (χ0v) is 19.4. The smallest absolute Gasteiger partial charge is 0.259 e. The van der Waals surface area contributed by atoms with Crippen molar-refractivity contribution in [1.29, 1.82) is 0 Å². The number of aryl methyl sites for hydroxylation is 3. The highest BCUT2D eigenvalue weighted by Gasteiger charge is 2.26. The largest absolute Gasteiger partial charge is 0.336 e. The second-order valence-corrected chi connectivity index (χ2v) is 8.60. The van der Waals surface area contributed by atoms with Crippen LogP contribution >= 0.6 is 0 Å². The Balaban J connectivity index is 1.33. The molecule has 33 heavy (non-hydrogen) atoms. The van der Waals surface area contributed by atoms with Crippen LogP contribution in [0.3, 0.4) is 0 Å². The number of carbonyl (C=O) groups is 1. The molecule has 0 spiro atoms. The van der Waals surface area contributed by atoms with Crippen molar-refractivity contribution in [2.24, 2.45) is 0 Å². The van der Waals surface area contributed by atoms with Crippen molar-refractivity contribution < 1.29 is 4.79 Å². The summed E-state index contributed by atoms with van der Waals surface area (Å²) in [6, 6.07) is 10.4. The van der Waals surface area contributed by atoms with Crippen molar-refractivity contribution in [2.45, 2.75) is 33.9 Å². The maximum atomic E-state index is 13.4. The Kier molecular flexibility index (Phi) is 5.68. The first-order valence-electron chi connectivity index (χ1n) is 11.5. The summed E-state index contributed by atoms with van der Waals surface area (Å²) in [5.41, 5.74) is 6.60. The van der Waals surface area contributed by atoms with Gasteiger partial charge in [0.15, 0.2) is 5.65 Å². The van der Waals surface area contributed by atoms with Crippen LogP contribution in [0.4, 0.5) is 0 Å². The molecule has 0 saturated carbocycles. The molecule has 0 aliphatic carbocycles. The van der Waals surface area contributed by atoms with Crippen molar-refractivity contribution >= 4 is 11.6 Å². The minimum atomic E-state index is -0.00818. The molecule has 0 radical (unpaired) electrons. The first kappa shape index (κ1) is 21.3. The molecule has 1 saturated heterocycles. The zero-order chi connectivity index (χ0) is 22.9. The predicted molar refractivity (Wildman–Crippen MR) is 127 cm³/mol. The van der Waals surface area contributed by atoms with Crippen LogP contribution < -0.4 is 0 Å². The van der Waals surface area contributed by atoms with E-state index in [1.807, 2.05) is 28.8 Å². The number of piperazine rings is 1. The van der Waals surface area contributed by atoms with E-state index in [1.165, 1.54) is 11.1 Å². The summed E-state index contributed by atoms with van der Waals surface area (Å²) in [7, 11) is 0. The summed E-state index contributed by atoms with van der Waals surface area (Å²) >= 11 is 0. The van der Waals surface area contributed by atoms with Gasteiger partial charge in [-0.3, -0.25) is 14.4 Å². The van der Waals surface area contributed by atoms with Crippen molar-refractivity contribution in [3.8, 4) is 11.3 Å². The number of fused-ring (bicyclic) bond motifs is 1. The Labute approximate surface area is 193 Å². The summed E-state index contributed by atoms with van der Waals surface area (Å²) in [6.07, 6.45) is 5.40. The van der Waals surface area contributed by atoms with Crippen LogP contribution in [-0.4, -0.2) is 66.3 Å². The molecule has 1 fully saturated rings. The first-order valence-corrected chi connectivity index (χ1v) is 11.5. The Morgan fingerprint density at radius 2 is 1.85 bits per heavy atom. The summed E-state index contributed by atoms with van der Waals surface area (Å²) in [5, 5.41) is 9.07. The van der Waals surface area contributed by atoms with E-state index in [0.717, 1.165) is 43.1 Å². The molecule has 0 unspecified atom stereocenters. The van der Waals surface area contributed by atoms with Gasteiger partial charge in [0.25, 0.3) is 5.91 Å². The van der Waals surface area contributed by atoms with Crippen LogP contribution in [0.25, 0.3) is 16.9 Å². The van der Waals surface area contributed by atoms with Gasteiger partial charge in [-0.25, -0.2) is 9.50 Å². The van der Waals surface area contributed by atoms with Crippen molar-refractivity contribution in [2.75, 3.05) is 26.2 Å². The first-order chi connectivity index (χ1) is 16.0. The maximum Gasteiger partial charge on any atom is 0.259 e. The topological polar surface area (TPSA) is 71.6 Å². The number of benzene rings is 1. The quantitative estimate of drug-likeness (QED) is 0.474. The molecule has 1 aliphatic rings. The molecule has 1 aromatic carbocycles. The maximum absolute atomic E-state index is 13.4. The van der Waals surface area contributed by atoms with Gasteiger partial charge in [-0.15, -0.1) is 0 Å². The fourth-order valence-electron chi connectivity index (χ4n) is 4.49. The molecule has 1 amide bonds. The molecule has 4 aromatic rings. The third kappa shape index (κ3) is 4.02. The van der Waals surface area contributed by atoms with E-state index in [2.05, 4.69) is 58.2 Å². The molecule has 4 heterocycles. The molecule has 0 bridgehead atoms. The number of aromatic nitrogens is 5. The Morgan fingerprint density at radius 1 is 1.06 bits per heavy atom. The molecule has 0 N–H and O–H groups in total. The normalized spacial score (nSPS) is 14.8. The minimum Gasteiger partial charge on any atom is -0.336 e. The second-order valence-electron chi connectivity index (χ2n) is 8.60. The molecule has 1 aliphatic heterocycles. The van der Waals surface area contributed by atoms with Crippen molar-refractivity contribution in [3.63, 3.8) is 0 Å². The fraction of sp³-hybridized carbons (Fsp3) is 0.360. The lowest BCUT2D eigenvalue weighted by molar-refractivity contribution is 0.0630. The molecular formula is C25H29N7O. The van der Waals surface area contributed by atoms with Gasteiger partial charge in [-0.2, -0.15) is 10.2 Å². The van der Waals surface area contributed by atoms with Gasteiger partial charge in [0.2, 0.25) is 0 Å². The van der Waals surface area contributed by atoms with Crippen LogP contribution in [0.1, 0.15) is 34.1 Å². The van der Waals surface area contributed by atoms with E-state index >= 15 is 0 Å². The number of carbonyl (C=O) groups excluding carboxylic acids is 1. The van der Waals surface area contributed by atoms with Gasteiger partial charge in [0.1, 0.15) is 5.56 Å². The average molecular weight is 444 g/mol. The molecule has 0 atom stereocenters. The van der Waals surface area contributed by atoms with Crippen molar-refractivity contribution in [3.05, 3.63) is 71.3 Å². The highest BCUT2D eigenvalue weighted by Crippen LogP contribution is 2.24. The van der Waals surface area contributed by atoms with Gasteiger partial charge in [0, 0.05) is 57.2 Å². The van der Waals surface area contributed by atoms with Crippen LogP contribution in [0, 0.1) is 13.8 Å². The summed E-state index contributed by atoms with van der Waals surface area (Å²) in [5.74, 6) is -0.00818. The number of rotatable bonds is 5. The Hall–Kier alpha value is -3.52. The number of hydrogen-bond acceptors (Lipinski definition) is 5. The van der Waals surface area contributed by atoms with Crippen LogP contribution in [-0.2, 0) is 13.1 Å². The Bertz CT molecular complexity index is 1300. The fourth-order valence-corrected chi connectivity index (χ4v) is 4.49. The molecule has 5 rings (SSSR count). The summed E-state index contributed by atoms with van der Waals surface area (Å²) in [4.78, 5) is 22.2. The third-order valence-corrected chi connectivity index (χ3v) is 6.49. The molecule has 3 aromatic heterocycles. The van der Waals surface area contributed by atoms with Crippen LogP contribution in [0.5, 0.6) is 0 Å². The number of nitrogens with zero attached hydrogens (tertiary/aromatic N) is 7. The average Bonchev–Trinajstić information content (AvgIpc) is 3.44. The van der Waals surface area contributed by atoms with Gasteiger partial charge >= 0.3 is 0 Å². The molecule has 8 heteroatoms. The summed E-state index contributed by atoms with van der Waals surface area (Å²) < 4.78 is 3.66. The highest BCUT2D eigenvalue weighted by molar-refractivity contribution is 6.00. The van der Waals surface area contributed by atoms with E-state index in [-0.39, 0.29) is 5.91 Å². The lowest BCUT2D eigenvalue weighted by Crippen LogP contribution is -2.48. The monoisotopic (exact) mass is 443 g/mol. The third-order valence-electron chi connectivity index (χ3n) is 6.49. The lowest BCUT2D eigenvalue weighted by Gasteiger charge is -2.34. The predicted octanol–water partition coefficient (Wildman–Crippen LogP) is 3.19.